The van der Waals surface area contributed by atoms with Crippen LogP contribution in [0.5, 0.6) is 5.75 Å². The third-order valence-corrected chi connectivity index (χ3v) is 6.38. The van der Waals surface area contributed by atoms with Crippen molar-refractivity contribution in [2.24, 2.45) is 0 Å². The standard InChI is InChI=1S/C16H23N3O5S/c1-23-13-2-4-14(5-3-13)25(21,22)19-9-7-18(8-10-19)16(20)15-12-24-11-6-17-15/h2-5,15,17H,6-12H2,1H3. The summed E-state index contributed by atoms with van der Waals surface area (Å²) in [6.45, 7) is 2.96. The number of ether oxygens (including phenoxy) is 2. The van der Waals surface area contributed by atoms with Gasteiger partial charge in [0.15, 0.2) is 0 Å². The topological polar surface area (TPSA) is 88.2 Å². The van der Waals surface area contributed by atoms with Crippen LogP contribution in [-0.2, 0) is 19.6 Å². The molecule has 3 rings (SSSR count). The fourth-order valence-corrected chi connectivity index (χ4v) is 4.41. The molecular weight excluding hydrogens is 346 g/mol. The molecule has 8 nitrogen and oxygen atoms in total. The number of carbonyl (C=O) groups is 1. The Morgan fingerprint density at radius 1 is 1.20 bits per heavy atom. The molecule has 2 aliphatic heterocycles. The Hall–Kier alpha value is -1.68. The summed E-state index contributed by atoms with van der Waals surface area (Å²) >= 11 is 0. The van der Waals surface area contributed by atoms with Crippen molar-refractivity contribution in [3.8, 4) is 5.75 Å². The molecule has 2 aliphatic rings. The van der Waals surface area contributed by atoms with Crippen molar-refractivity contribution in [2.75, 3.05) is 53.0 Å². The fraction of sp³-hybridized carbons (Fsp3) is 0.562. The monoisotopic (exact) mass is 369 g/mol. The zero-order chi connectivity index (χ0) is 17.9. The minimum atomic E-state index is -3.56. The number of hydrogen-bond acceptors (Lipinski definition) is 6. The van der Waals surface area contributed by atoms with Crippen LogP contribution in [0.25, 0.3) is 0 Å². The molecule has 2 saturated heterocycles. The molecule has 2 heterocycles. The van der Waals surface area contributed by atoms with Crippen molar-refractivity contribution in [3.63, 3.8) is 0 Å². The van der Waals surface area contributed by atoms with Crippen LogP contribution >= 0.6 is 0 Å². The quantitative estimate of drug-likeness (QED) is 0.771. The Morgan fingerprint density at radius 3 is 2.44 bits per heavy atom. The van der Waals surface area contributed by atoms with Gasteiger partial charge in [0.1, 0.15) is 11.8 Å². The number of hydrogen-bond donors (Lipinski definition) is 1. The summed E-state index contributed by atoms with van der Waals surface area (Å²) in [7, 11) is -2.03. The molecule has 1 amide bonds. The van der Waals surface area contributed by atoms with Gasteiger partial charge in [-0.3, -0.25) is 4.79 Å². The number of sulfonamides is 1. The van der Waals surface area contributed by atoms with Crippen LogP contribution in [0.15, 0.2) is 29.2 Å². The summed E-state index contributed by atoms with van der Waals surface area (Å²) < 4.78 is 37.2. The highest BCUT2D eigenvalue weighted by molar-refractivity contribution is 7.89. The van der Waals surface area contributed by atoms with Gasteiger partial charge in [-0.1, -0.05) is 0 Å². The highest BCUT2D eigenvalue weighted by Gasteiger charge is 2.33. The Morgan fingerprint density at radius 2 is 1.88 bits per heavy atom. The highest BCUT2D eigenvalue weighted by Crippen LogP contribution is 2.21. The van der Waals surface area contributed by atoms with E-state index in [0.717, 1.165) is 0 Å². The number of nitrogens with zero attached hydrogens (tertiary/aromatic N) is 2. The van der Waals surface area contributed by atoms with Gasteiger partial charge in [0.2, 0.25) is 15.9 Å². The number of morpholine rings is 1. The molecule has 1 unspecified atom stereocenters. The van der Waals surface area contributed by atoms with Crippen LogP contribution in [0.3, 0.4) is 0 Å². The molecule has 0 aliphatic carbocycles. The average Bonchev–Trinajstić information content (AvgIpc) is 2.68. The molecule has 0 radical (unpaired) electrons. The van der Waals surface area contributed by atoms with Crippen LogP contribution in [0.1, 0.15) is 0 Å². The first kappa shape index (κ1) is 18.1. The predicted octanol–water partition coefficient (Wildman–Crippen LogP) is -0.483. The van der Waals surface area contributed by atoms with Crippen molar-refractivity contribution in [2.45, 2.75) is 10.9 Å². The summed E-state index contributed by atoms with van der Waals surface area (Å²) in [5.74, 6) is 0.581. The van der Waals surface area contributed by atoms with Crippen molar-refractivity contribution < 1.29 is 22.7 Å². The van der Waals surface area contributed by atoms with Gasteiger partial charge >= 0.3 is 0 Å². The average molecular weight is 369 g/mol. The number of piperazine rings is 1. The molecule has 0 spiro atoms. The Kier molecular flexibility index (Phi) is 5.57. The second-order valence-corrected chi connectivity index (χ2v) is 7.92. The van der Waals surface area contributed by atoms with E-state index in [1.54, 1.807) is 17.0 Å². The highest BCUT2D eigenvalue weighted by atomic mass is 32.2. The van der Waals surface area contributed by atoms with Gasteiger partial charge < -0.3 is 19.7 Å². The zero-order valence-corrected chi connectivity index (χ0v) is 15.0. The number of carbonyl (C=O) groups excluding carboxylic acids is 1. The molecular formula is C16H23N3O5S. The van der Waals surface area contributed by atoms with Crippen LogP contribution < -0.4 is 10.1 Å². The lowest BCUT2D eigenvalue weighted by Crippen LogP contribution is -2.57. The fourth-order valence-electron chi connectivity index (χ4n) is 2.99. The summed E-state index contributed by atoms with van der Waals surface area (Å²) in [6, 6.07) is 5.99. The molecule has 25 heavy (non-hydrogen) atoms. The number of benzene rings is 1. The largest absolute Gasteiger partial charge is 0.497 e. The SMILES string of the molecule is COc1ccc(S(=O)(=O)N2CCN(C(=O)C3COCCN3)CC2)cc1. The second-order valence-electron chi connectivity index (χ2n) is 5.99. The van der Waals surface area contributed by atoms with Gasteiger partial charge in [-0.05, 0) is 24.3 Å². The van der Waals surface area contributed by atoms with E-state index in [2.05, 4.69) is 5.32 Å². The first-order valence-corrected chi connectivity index (χ1v) is 9.70. The van der Waals surface area contributed by atoms with Gasteiger partial charge in [-0.25, -0.2) is 8.42 Å². The third-order valence-electron chi connectivity index (χ3n) is 4.47. The van der Waals surface area contributed by atoms with Gasteiger partial charge in [-0.15, -0.1) is 0 Å². The Balaban J connectivity index is 1.61. The maximum Gasteiger partial charge on any atom is 0.243 e. The van der Waals surface area contributed by atoms with Gasteiger partial charge in [0.25, 0.3) is 0 Å². The Labute approximate surface area is 147 Å². The zero-order valence-electron chi connectivity index (χ0n) is 14.2. The molecule has 0 aromatic heterocycles. The summed E-state index contributed by atoms with van der Waals surface area (Å²) in [4.78, 5) is 14.4. The van der Waals surface area contributed by atoms with Crippen LogP contribution in [-0.4, -0.2) is 82.6 Å². The summed E-state index contributed by atoms with van der Waals surface area (Å²) in [6.07, 6.45) is 0. The van der Waals surface area contributed by atoms with E-state index in [1.807, 2.05) is 0 Å². The molecule has 1 aromatic rings. The van der Waals surface area contributed by atoms with Crippen molar-refractivity contribution >= 4 is 15.9 Å². The maximum absolute atomic E-state index is 12.7. The molecule has 1 N–H and O–H groups in total. The Bertz CT molecular complexity index is 693. The lowest BCUT2D eigenvalue weighted by molar-refractivity contribution is -0.137. The van der Waals surface area contributed by atoms with Crippen molar-refractivity contribution in [3.05, 3.63) is 24.3 Å². The van der Waals surface area contributed by atoms with E-state index in [1.165, 1.54) is 23.5 Å². The third kappa shape index (κ3) is 3.95. The van der Waals surface area contributed by atoms with E-state index in [-0.39, 0.29) is 29.9 Å². The van der Waals surface area contributed by atoms with Crippen LogP contribution in [0.2, 0.25) is 0 Å². The minimum absolute atomic E-state index is 0.0267. The molecule has 2 fully saturated rings. The summed E-state index contributed by atoms with van der Waals surface area (Å²) in [5, 5.41) is 3.13. The molecule has 1 aromatic carbocycles. The number of nitrogens with one attached hydrogen (secondary N) is 1. The minimum Gasteiger partial charge on any atom is -0.497 e. The van der Waals surface area contributed by atoms with Gasteiger partial charge in [-0.2, -0.15) is 4.31 Å². The number of methoxy groups -OCH3 is 1. The lowest BCUT2D eigenvalue weighted by Gasteiger charge is -2.36. The van der Waals surface area contributed by atoms with Gasteiger partial charge in [0.05, 0.1) is 25.2 Å². The second kappa shape index (κ2) is 7.69. The van der Waals surface area contributed by atoms with Crippen LogP contribution in [0, 0.1) is 0 Å². The normalized spacial score (nSPS) is 22.6. The molecule has 9 heteroatoms. The van der Waals surface area contributed by atoms with E-state index in [0.29, 0.717) is 38.6 Å². The number of rotatable bonds is 4. The van der Waals surface area contributed by atoms with E-state index >= 15 is 0 Å². The molecule has 1 atom stereocenters. The van der Waals surface area contributed by atoms with Gasteiger partial charge in [0, 0.05) is 32.7 Å². The smallest absolute Gasteiger partial charge is 0.243 e. The first-order valence-electron chi connectivity index (χ1n) is 8.26. The lowest BCUT2D eigenvalue weighted by atomic mass is 10.2. The maximum atomic E-state index is 12.7. The molecule has 0 bridgehead atoms. The van der Waals surface area contributed by atoms with E-state index in [4.69, 9.17) is 9.47 Å². The first-order chi connectivity index (χ1) is 12.0. The molecule has 0 saturated carbocycles. The number of amides is 1. The van der Waals surface area contributed by atoms with E-state index in [9.17, 15) is 13.2 Å². The van der Waals surface area contributed by atoms with E-state index < -0.39 is 10.0 Å². The molecule has 138 valence electrons. The van der Waals surface area contributed by atoms with Crippen molar-refractivity contribution in [1.29, 1.82) is 0 Å². The summed E-state index contributed by atoms with van der Waals surface area (Å²) in [5.41, 5.74) is 0. The van der Waals surface area contributed by atoms with Crippen molar-refractivity contribution in [1.82, 2.24) is 14.5 Å². The predicted molar refractivity (Wildman–Crippen MR) is 90.9 cm³/mol. The van der Waals surface area contributed by atoms with Crippen LogP contribution in [0.4, 0.5) is 0 Å².